The number of hydrogen-bond acceptors (Lipinski definition) is 6. The molecule has 8 nitrogen and oxygen atoms in total. The number of aliphatic imine (C=N–C) groups is 4. The number of nitrogens with zero attached hydrogens (tertiary/aromatic N) is 8. The van der Waals surface area contributed by atoms with E-state index in [9.17, 15) is 0 Å². The van der Waals surface area contributed by atoms with Crippen LogP contribution < -0.4 is 11.0 Å². The molecule has 6 heterocycles. The van der Waals surface area contributed by atoms with E-state index in [4.69, 9.17) is 30.0 Å². The molecule has 9 heteroatoms. The van der Waals surface area contributed by atoms with Gasteiger partial charge in [0.25, 0.3) is 0 Å². The summed E-state index contributed by atoms with van der Waals surface area (Å²) in [4.78, 5) is 31.7. The van der Waals surface area contributed by atoms with E-state index < -0.39 is 8.40 Å². The summed E-state index contributed by atoms with van der Waals surface area (Å²) >= 11 is 0. The molecule has 0 unspecified atom stereocenters. The minimum atomic E-state index is -3.61. The lowest BCUT2D eigenvalue weighted by Gasteiger charge is -2.26. The number of benzene rings is 4. The van der Waals surface area contributed by atoms with Crippen molar-refractivity contribution in [2.24, 2.45) is 30.0 Å². The number of fused-ring (bicyclic) bond motifs is 14. The third-order valence-corrected chi connectivity index (χ3v) is 12.3. The average molecular weight is 619 g/mol. The molecule has 0 radical (unpaired) electrons. The summed E-state index contributed by atoms with van der Waals surface area (Å²) in [6.45, 7) is 3.72. The molecule has 6 bridgehead atoms. The van der Waals surface area contributed by atoms with Gasteiger partial charge in [-0.15, -0.1) is 11.8 Å². The highest BCUT2D eigenvalue weighted by Gasteiger charge is 2.45. The molecule has 47 heavy (non-hydrogen) atoms. The summed E-state index contributed by atoms with van der Waals surface area (Å²) in [6, 6.07) is 32.7. The zero-order valence-corrected chi connectivity index (χ0v) is 26.3. The van der Waals surface area contributed by atoms with Crippen molar-refractivity contribution in [2.45, 2.75) is 13.8 Å². The molecule has 6 aromatic rings. The van der Waals surface area contributed by atoms with Gasteiger partial charge in [-0.3, -0.25) is 8.47 Å². The summed E-state index contributed by atoms with van der Waals surface area (Å²) in [5, 5.41) is 3.71. The SMILES string of the molecule is CC#C[Si]1(C#CC)n2c3c4ccccc4c2/N=C2N=C(/N=c4/c5ccccc5/c(n41)=N/C1=NC(=N\3)/c3ccccc31)c1ccccc1\2. The van der Waals surface area contributed by atoms with Crippen molar-refractivity contribution in [1.29, 1.82) is 0 Å². The van der Waals surface area contributed by atoms with Crippen LogP contribution in [0.15, 0.2) is 127 Å². The second kappa shape index (κ2) is 9.30. The summed E-state index contributed by atoms with van der Waals surface area (Å²) in [5.41, 5.74) is 12.5. The fraction of sp³-hybridized carbons (Fsp3) is 0.0526. The maximum Gasteiger partial charge on any atom is 0.445 e. The van der Waals surface area contributed by atoms with E-state index in [1.54, 1.807) is 0 Å². The Morgan fingerprint density at radius 1 is 0.426 bits per heavy atom. The highest BCUT2D eigenvalue weighted by Crippen LogP contribution is 2.42. The van der Waals surface area contributed by atoms with Crippen LogP contribution >= 0.6 is 0 Å². The van der Waals surface area contributed by atoms with Crippen LogP contribution in [0.5, 0.6) is 0 Å². The van der Waals surface area contributed by atoms with E-state index in [0.717, 1.165) is 43.8 Å². The molecule has 0 N–H and O–H groups in total. The van der Waals surface area contributed by atoms with Gasteiger partial charge in [-0.25, -0.2) is 30.0 Å². The second-order valence-electron chi connectivity index (χ2n) is 11.5. The van der Waals surface area contributed by atoms with E-state index >= 15 is 0 Å². The summed E-state index contributed by atoms with van der Waals surface area (Å²) < 4.78 is 4.37. The van der Waals surface area contributed by atoms with Crippen LogP contribution in [0, 0.1) is 22.9 Å². The first-order valence-electron chi connectivity index (χ1n) is 15.3. The Balaban J connectivity index is 1.58. The maximum atomic E-state index is 5.38. The summed E-state index contributed by atoms with van der Waals surface area (Å²) in [7, 11) is -3.61. The fourth-order valence-electron chi connectivity index (χ4n) is 7.12. The zero-order chi connectivity index (χ0) is 31.3. The molecular weight excluding hydrogens is 597 g/mol. The number of rotatable bonds is 0. The van der Waals surface area contributed by atoms with E-state index in [1.807, 2.05) is 62.4 Å². The Hall–Kier alpha value is -6.42. The van der Waals surface area contributed by atoms with Crippen LogP contribution in [-0.2, 0) is 0 Å². The molecule has 10 rings (SSSR count). The quantitative estimate of drug-likeness (QED) is 0.159. The lowest BCUT2D eigenvalue weighted by atomic mass is 10.1. The van der Waals surface area contributed by atoms with Crippen LogP contribution in [0.1, 0.15) is 36.1 Å². The topological polar surface area (TPSA) is 84.0 Å². The van der Waals surface area contributed by atoms with E-state index in [-0.39, 0.29) is 0 Å². The van der Waals surface area contributed by atoms with E-state index in [1.165, 1.54) is 0 Å². The van der Waals surface area contributed by atoms with Gasteiger partial charge in [0.05, 0.1) is 0 Å². The largest absolute Gasteiger partial charge is 0.445 e. The number of aromatic nitrogens is 2. The molecule has 0 saturated heterocycles. The molecule has 218 valence electrons. The van der Waals surface area contributed by atoms with Crippen molar-refractivity contribution < 1.29 is 0 Å². The maximum absolute atomic E-state index is 5.38. The summed E-state index contributed by atoms with van der Waals surface area (Å²) in [6.07, 6.45) is 0. The molecule has 2 aromatic heterocycles. The summed E-state index contributed by atoms with van der Waals surface area (Å²) in [5.74, 6) is 10.3. The van der Waals surface area contributed by atoms with Gasteiger partial charge in [0.15, 0.2) is 23.3 Å². The number of hydrogen-bond donors (Lipinski definition) is 0. The van der Waals surface area contributed by atoms with E-state index in [2.05, 4.69) is 79.9 Å². The molecule has 0 fully saturated rings. The standard InChI is InChI=1S/C38H22N8Si/c1-3-21-47(22-4-2)45-35-27-17-9-10-18-28(27)37(45)43-33-25-15-7-8-16-26(25)34(40-33)44-38-30-20-12-11-19-29(30)36(46(38)47)42-32-24-14-6-5-13-23(24)31(39-32)41-35/h5-20H,1-2H3/b41-31-,41-35?,42-32?,42-36-,43-33-,43-37?,44-34?,44-38-. The van der Waals surface area contributed by atoms with Gasteiger partial charge in [-0.2, -0.15) is 0 Å². The number of amidine groups is 4. The van der Waals surface area contributed by atoms with Gasteiger partial charge >= 0.3 is 8.40 Å². The minimum absolute atomic E-state index is 0.590. The molecule has 4 aliphatic heterocycles. The zero-order valence-electron chi connectivity index (χ0n) is 25.3. The van der Waals surface area contributed by atoms with Crippen molar-refractivity contribution in [3.63, 3.8) is 0 Å². The second-order valence-corrected chi connectivity index (χ2v) is 14.3. The van der Waals surface area contributed by atoms with Gasteiger partial charge in [-0.1, -0.05) is 108 Å². The normalized spacial score (nSPS) is 19.4. The van der Waals surface area contributed by atoms with Crippen molar-refractivity contribution in [1.82, 2.24) is 8.47 Å². The minimum Gasteiger partial charge on any atom is -0.298 e. The highest BCUT2D eigenvalue weighted by molar-refractivity contribution is 6.92. The highest BCUT2D eigenvalue weighted by atomic mass is 28.3. The van der Waals surface area contributed by atoms with Crippen LogP contribution in [0.3, 0.4) is 0 Å². The molecule has 4 aromatic carbocycles. The lowest BCUT2D eigenvalue weighted by Crippen LogP contribution is -2.58. The molecule has 0 amide bonds. The Labute approximate surface area is 269 Å². The Bertz CT molecular complexity index is 2650. The Morgan fingerprint density at radius 2 is 0.787 bits per heavy atom. The third kappa shape index (κ3) is 3.33. The first kappa shape index (κ1) is 25.9. The van der Waals surface area contributed by atoms with Crippen LogP contribution in [-0.4, -0.2) is 40.2 Å². The molecule has 0 saturated carbocycles. The van der Waals surface area contributed by atoms with Crippen molar-refractivity contribution in [3.8, 4) is 22.9 Å². The van der Waals surface area contributed by atoms with Crippen LogP contribution in [0.2, 0.25) is 0 Å². The predicted octanol–water partition coefficient (Wildman–Crippen LogP) is 5.50. The molecular formula is C38H22N8Si. The molecule has 4 aliphatic rings. The van der Waals surface area contributed by atoms with Crippen LogP contribution in [0.25, 0.3) is 21.5 Å². The lowest BCUT2D eigenvalue weighted by molar-refractivity contribution is 0.955. The smallest absolute Gasteiger partial charge is 0.298 e. The van der Waals surface area contributed by atoms with E-state index in [0.29, 0.717) is 46.0 Å². The molecule has 0 spiro atoms. The molecule has 0 aliphatic carbocycles. The first-order chi connectivity index (χ1) is 23.2. The van der Waals surface area contributed by atoms with Crippen LogP contribution in [0.4, 0.5) is 11.6 Å². The van der Waals surface area contributed by atoms with Crippen molar-refractivity contribution >= 4 is 64.9 Å². The van der Waals surface area contributed by atoms with Gasteiger partial charge < -0.3 is 0 Å². The van der Waals surface area contributed by atoms with Gasteiger partial charge in [0.1, 0.15) is 22.6 Å². The van der Waals surface area contributed by atoms with Gasteiger partial charge in [-0.05, 0) is 13.8 Å². The molecule has 0 atom stereocenters. The predicted molar refractivity (Wildman–Crippen MR) is 188 cm³/mol. The van der Waals surface area contributed by atoms with Crippen molar-refractivity contribution in [3.05, 3.63) is 130 Å². The Kier molecular flexibility index (Phi) is 5.12. The monoisotopic (exact) mass is 618 g/mol. The van der Waals surface area contributed by atoms with Gasteiger partial charge in [0, 0.05) is 43.8 Å². The van der Waals surface area contributed by atoms with Crippen molar-refractivity contribution in [2.75, 3.05) is 0 Å². The fourth-order valence-corrected chi connectivity index (χ4v) is 10.4. The van der Waals surface area contributed by atoms with Gasteiger partial charge in [0.2, 0.25) is 0 Å². The third-order valence-electron chi connectivity index (χ3n) is 9.00. The first-order valence-corrected chi connectivity index (χ1v) is 17.2. The Morgan fingerprint density at radius 3 is 1.19 bits per heavy atom. The average Bonchev–Trinajstić information content (AvgIpc) is 3.81.